The van der Waals surface area contributed by atoms with Gasteiger partial charge in [-0.15, -0.1) is 0 Å². The molecular formula is C24H22N2O4. The normalized spacial score (nSPS) is 10.8. The monoisotopic (exact) mass is 402 g/mol. The first kappa shape index (κ1) is 19.5. The second-order valence-corrected chi connectivity index (χ2v) is 6.63. The summed E-state index contributed by atoms with van der Waals surface area (Å²) in [5.74, 6) is 1.34. The fraction of sp³-hybridized carbons (Fsp3) is 0.125. The predicted molar refractivity (Wildman–Crippen MR) is 119 cm³/mol. The standard InChI is InChI=1S/C23H18N2O3.CH4O/c1-27-18-11-13(12-19(28-2)22(18)26)23-24-20-16-9-5-3-7-14(16)15-8-4-6-10-17(15)21(20)25-23;1-2/h3-12,26H,1-2H3,(H,24,25);2H,1H3. The summed E-state index contributed by atoms with van der Waals surface area (Å²) < 4.78 is 10.6. The first-order valence-electron chi connectivity index (χ1n) is 9.40. The van der Waals surface area contributed by atoms with E-state index < -0.39 is 0 Å². The Labute approximate surface area is 173 Å². The van der Waals surface area contributed by atoms with Gasteiger partial charge in [0.25, 0.3) is 0 Å². The lowest BCUT2D eigenvalue weighted by atomic mass is 10.0. The fourth-order valence-corrected chi connectivity index (χ4v) is 3.79. The first-order valence-corrected chi connectivity index (χ1v) is 9.40. The van der Waals surface area contributed by atoms with E-state index in [0.717, 1.165) is 34.5 Å². The van der Waals surface area contributed by atoms with Gasteiger partial charge in [-0.05, 0) is 22.9 Å². The Bertz CT molecular complexity index is 1260. The zero-order valence-corrected chi connectivity index (χ0v) is 16.9. The van der Waals surface area contributed by atoms with E-state index in [9.17, 15) is 5.11 Å². The van der Waals surface area contributed by atoms with Crippen LogP contribution in [-0.4, -0.2) is 41.5 Å². The van der Waals surface area contributed by atoms with Crippen molar-refractivity contribution in [3.05, 3.63) is 60.7 Å². The van der Waals surface area contributed by atoms with Crippen molar-refractivity contribution in [1.82, 2.24) is 9.97 Å². The highest BCUT2D eigenvalue weighted by Crippen LogP contribution is 2.41. The minimum Gasteiger partial charge on any atom is -0.502 e. The van der Waals surface area contributed by atoms with Gasteiger partial charge in [0.2, 0.25) is 5.75 Å². The lowest BCUT2D eigenvalue weighted by Gasteiger charge is -2.10. The van der Waals surface area contributed by atoms with Crippen molar-refractivity contribution < 1.29 is 19.7 Å². The van der Waals surface area contributed by atoms with E-state index in [1.807, 2.05) is 24.3 Å². The second-order valence-electron chi connectivity index (χ2n) is 6.63. The van der Waals surface area contributed by atoms with Gasteiger partial charge in [-0.2, -0.15) is 0 Å². The number of ether oxygens (including phenoxy) is 2. The van der Waals surface area contributed by atoms with Gasteiger partial charge < -0.3 is 24.7 Å². The maximum Gasteiger partial charge on any atom is 0.200 e. The van der Waals surface area contributed by atoms with Crippen LogP contribution in [0.2, 0.25) is 0 Å². The quantitative estimate of drug-likeness (QED) is 0.375. The average molecular weight is 402 g/mol. The van der Waals surface area contributed by atoms with Crippen molar-refractivity contribution >= 4 is 32.6 Å². The van der Waals surface area contributed by atoms with Crippen LogP contribution < -0.4 is 9.47 Å². The van der Waals surface area contributed by atoms with E-state index in [1.165, 1.54) is 25.0 Å². The maximum absolute atomic E-state index is 10.2. The van der Waals surface area contributed by atoms with Crippen molar-refractivity contribution in [2.75, 3.05) is 21.3 Å². The summed E-state index contributed by atoms with van der Waals surface area (Å²) in [5.41, 5.74) is 2.67. The molecule has 1 aromatic heterocycles. The second kappa shape index (κ2) is 7.93. The number of fused-ring (bicyclic) bond motifs is 6. The molecule has 0 atom stereocenters. The molecule has 6 heteroatoms. The van der Waals surface area contributed by atoms with Gasteiger partial charge in [0.1, 0.15) is 5.82 Å². The van der Waals surface area contributed by atoms with E-state index in [0.29, 0.717) is 17.3 Å². The topological polar surface area (TPSA) is 87.6 Å². The molecule has 0 radical (unpaired) electrons. The highest BCUT2D eigenvalue weighted by atomic mass is 16.5. The number of benzene rings is 4. The molecule has 5 rings (SSSR count). The van der Waals surface area contributed by atoms with Crippen LogP contribution in [0, 0.1) is 0 Å². The number of hydrogen-bond acceptors (Lipinski definition) is 5. The zero-order valence-electron chi connectivity index (χ0n) is 16.9. The van der Waals surface area contributed by atoms with Crippen LogP contribution >= 0.6 is 0 Å². The third-order valence-electron chi connectivity index (χ3n) is 5.13. The fourth-order valence-electron chi connectivity index (χ4n) is 3.79. The molecule has 0 aliphatic rings. The molecule has 0 unspecified atom stereocenters. The lowest BCUT2D eigenvalue weighted by molar-refractivity contribution is 0.340. The van der Waals surface area contributed by atoms with Crippen molar-refractivity contribution in [2.24, 2.45) is 0 Å². The summed E-state index contributed by atoms with van der Waals surface area (Å²) in [6.45, 7) is 0. The highest BCUT2D eigenvalue weighted by molar-refractivity contribution is 6.23. The van der Waals surface area contributed by atoms with E-state index in [4.69, 9.17) is 19.6 Å². The minimum absolute atomic E-state index is 0.0271. The van der Waals surface area contributed by atoms with Crippen LogP contribution in [0.4, 0.5) is 0 Å². The van der Waals surface area contributed by atoms with Gasteiger partial charge in [0.15, 0.2) is 11.5 Å². The Morgan fingerprint density at radius 2 is 1.27 bits per heavy atom. The number of nitrogens with zero attached hydrogens (tertiary/aromatic N) is 1. The number of phenolic OH excluding ortho intramolecular Hbond substituents is 1. The minimum atomic E-state index is -0.0271. The van der Waals surface area contributed by atoms with E-state index in [-0.39, 0.29) is 5.75 Å². The zero-order chi connectivity index (χ0) is 21.3. The smallest absolute Gasteiger partial charge is 0.200 e. The van der Waals surface area contributed by atoms with E-state index in [1.54, 1.807) is 12.1 Å². The van der Waals surface area contributed by atoms with Gasteiger partial charge in [-0.25, -0.2) is 4.98 Å². The third-order valence-corrected chi connectivity index (χ3v) is 5.13. The molecule has 0 saturated heterocycles. The molecule has 5 aromatic rings. The van der Waals surface area contributed by atoms with Gasteiger partial charge in [-0.1, -0.05) is 48.5 Å². The number of imidazole rings is 1. The van der Waals surface area contributed by atoms with Crippen molar-refractivity contribution in [3.8, 4) is 28.6 Å². The summed E-state index contributed by atoms with van der Waals surface area (Å²) >= 11 is 0. The number of rotatable bonds is 3. The SMILES string of the molecule is CO.COc1cc(-c2nc3c4ccccc4c4ccccc4c3[nH]2)cc(OC)c1O. The summed E-state index contributed by atoms with van der Waals surface area (Å²) in [6, 6.07) is 20.1. The summed E-state index contributed by atoms with van der Waals surface area (Å²) in [5, 5.41) is 21.8. The Kier molecular flexibility index (Phi) is 5.16. The molecule has 1 heterocycles. The van der Waals surface area contributed by atoms with Gasteiger partial charge >= 0.3 is 0 Å². The molecule has 6 nitrogen and oxygen atoms in total. The maximum atomic E-state index is 10.2. The Hall–Kier alpha value is -3.77. The lowest BCUT2D eigenvalue weighted by Crippen LogP contribution is -1.91. The third kappa shape index (κ3) is 2.98. The number of aliphatic hydroxyl groups is 1. The number of aromatic nitrogens is 2. The molecule has 0 aliphatic carbocycles. The molecule has 0 fully saturated rings. The molecule has 30 heavy (non-hydrogen) atoms. The van der Waals surface area contributed by atoms with Crippen molar-refractivity contribution in [1.29, 1.82) is 0 Å². The van der Waals surface area contributed by atoms with Crippen LogP contribution in [0.15, 0.2) is 60.7 Å². The Balaban J connectivity index is 0.00000106. The highest BCUT2D eigenvalue weighted by Gasteiger charge is 2.17. The molecule has 0 saturated carbocycles. The number of phenols is 1. The number of aromatic hydroxyl groups is 1. The Morgan fingerprint density at radius 3 is 1.83 bits per heavy atom. The van der Waals surface area contributed by atoms with Crippen LogP contribution in [0.25, 0.3) is 44.0 Å². The summed E-state index contributed by atoms with van der Waals surface area (Å²) in [6.07, 6.45) is 0. The summed E-state index contributed by atoms with van der Waals surface area (Å²) in [7, 11) is 4.02. The number of aromatic amines is 1. The van der Waals surface area contributed by atoms with Crippen LogP contribution in [0.1, 0.15) is 0 Å². The number of methoxy groups -OCH3 is 2. The molecule has 0 amide bonds. The molecule has 3 N–H and O–H groups in total. The predicted octanol–water partition coefficient (Wildman–Crippen LogP) is 4.87. The van der Waals surface area contributed by atoms with Crippen molar-refractivity contribution in [3.63, 3.8) is 0 Å². The van der Waals surface area contributed by atoms with Crippen LogP contribution in [0.3, 0.4) is 0 Å². The molecule has 0 spiro atoms. The molecular weight excluding hydrogens is 380 g/mol. The van der Waals surface area contributed by atoms with Crippen LogP contribution in [-0.2, 0) is 0 Å². The average Bonchev–Trinajstić information content (AvgIpc) is 3.27. The van der Waals surface area contributed by atoms with E-state index >= 15 is 0 Å². The first-order chi connectivity index (χ1) is 14.7. The molecule has 152 valence electrons. The van der Waals surface area contributed by atoms with Gasteiger partial charge in [0, 0.05) is 23.4 Å². The largest absolute Gasteiger partial charge is 0.502 e. The van der Waals surface area contributed by atoms with Gasteiger partial charge in [0.05, 0.1) is 25.3 Å². The number of hydrogen-bond donors (Lipinski definition) is 3. The van der Waals surface area contributed by atoms with E-state index in [2.05, 4.69) is 29.2 Å². The number of nitrogens with one attached hydrogen (secondary N) is 1. The van der Waals surface area contributed by atoms with Crippen LogP contribution in [0.5, 0.6) is 17.2 Å². The van der Waals surface area contributed by atoms with Crippen molar-refractivity contribution in [2.45, 2.75) is 0 Å². The number of H-pyrrole nitrogens is 1. The van der Waals surface area contributed by atoms with Gasteiger partial charge in [-0.3, -0.25) is 0 Å². The molecule has 0 aliphatic heterocycles. The molecule has 4 aromatic carbocycles. The molecule has 0 bridgehead atoms. The number of aliphatic hydroxyl groups excluding tert-OH is 1. The Morgan fingerprint density at radius 1 is 0.767 bits per heavy atom. The summed E-state index contributed by atoms with van der Waals surface area (Å²) in [4.78, 5) is 8.36.